The topological polar surface area (TPSA) is 63.3 Å². The van der Waals surface area contributed by atoms with Gasteiger partial charge in [0.15, 0.2) is 11.5 Å². The van der Waals surface area contributed by atoms with E-state index in [9.17, 15) is 4.79 Å². The molecule has 0 radical (unpaired) electrons. The van der Waals surface area contributed by atoms with Crippen LogP contribution in [0.2, 0.25) is 0 Å². The maximum atomic E-state index is 10.9. The van der Waals surface area contributed by atoms with Crippen LogP contribution in [0.15, 0.2) is 22.6 Å². The van der Waals surface area contributed by atoms with E-state index in [2.05, 4.69) is 11.9 Å². The molecule has 0 aliphatic heterocycles. The van der Waals surface area contributed by atoms with E-state index in [-0.39, 0.29) is 5.56 Å². The summed E-state index contributed by atoms with van der Waals surface area (Å²) in [7, 11) is 0. The van der Waals surface area contributed by atoms with Crippen LogP contribution in [-0.2, 0) is 6.42 Å². The number of aryl methyl sites for hydroxylation is 1. The highest BCUT2D eigenvalue weighted by molar-refractivity contribution is 5.91. The van der Waals surface area contributed by atoms with Crippen LogP contribution in [0.4, 0.5) is 0 Å². The Morgan fingerprint density at radius 1 is 1.14 bits per heavy atom. The standard InChI is InChI=1S/C17H23NO3/c1-2-3-4-5-6-7-8-9-16-18-14-11-10-13(17(19)20)12-15(14)21-16/h10-12H,2-9H2,1H3,(H,19,20). The number of hydrogen-bond donors (Lipinski definition) is 1. The van der Waals surface area contributed by atoms with Gasteiger partial charge in [0.25, 0.3) is 0 Å². The number of carboxylic acids is 1. The molecule has 0 fully saturated rings. The Kier molecular flexibility index (Phi) is 5.78. The van der Waals surface area contributed by atoms with E-state index in [4.69, 9.17) is 9.52 Å². The Labute approximate surface area is 125 Å². The summed E-state index contributed by atoms with van der Waals surface area (Å²) in [5.74, 6) is -0.233. The number of benzene rings is 1. The average molecular weight is 289 g/mol. The molecule has 114 valence electrons. The molecule has 0 aliphatic carbocycles. The van der Waals surface area contributed by atoms with E-state index >= 15 is 0 Å². The van der Waals surface area contributed by atoms with Gasteiger partial charge in [0.1, 0.15) is 5.52 Å². The van der Waals surface area contributed by atoms with Crippen LogP contribution in [0, 0.1) is 0 Å². The summed E-state index contributed by atoms with van der Waals surface area (Å²) < 4.78 is 5.63. The van der Waals surface area contributed by atoms with Crippen LogP contribution in [0.5, 0.6) is 0 Å². The van der Waals surface area contributed by atoms with Gasteiger partial charge >= 0.3 is 5.97 Å². The van der Waals surface area contributed by atoms with Gasteiger partial charge in [-0.1, -0.05) is 45.4 Å². The van der Waals surface area contributed by atoms with E-state index in [1.54, 1.807) is 18.2 Å². The molecule has 0 unspecified atom stereocenters. The molecule has 0 atom stereocenters. The van der Waals surface area contributed by atoms with Gasteiger partial charge in [-0.15, -0.1) is 0 Å². The zero-order chi connectivity index (χ0) is 15.1. The van der Waals surface area contributed by atoms with Gasteiger partial charge in [0.2, 0.25) is 0 Å². The molecule has 0 bridgehead atoms. The van der Waals surface area contributed by atoms with Crippen LogP contribution < -0.4 is 0 Å². The molecule has 0 spiro atoms. The van der Waals surface area contributed by atoms with Crippen molar-refractivity contribution in [2.45, 2.75) is 58.3 Å². The van der Waals surface area contributed by atoms with Gasteiger partial charge in [-0.3, -0.25) is 0 Å². The molecule has 0 aliphatic rings. The van der Waals surface area contributed by atoms with Gasteiger partial charge in [0.05, 0.1) is 5.56 Å². The second kappa shape index (κ2) is 7.81. The minimum Gasteiger partial charge on any atom is -0.478 e. The summed E-state index contributed by atoms with van der Waals surface area (Å²) in [5, 5.41) is 8.95. The highest BCUT2D eigenvalue weighted by atomic mass is 16.4. The van der Waals surface area contributed by atoms with E-state index in [0.29, 0.717) is 11.5 Å². The van der Waals surface area contributed by atoms with E-state index in [0.717, 1.165) is 18.4 Å². The summed E-state index contributed by atoms with van der Waals surface area (Å²) in [5.41, 5.74) is 1.53. The number of unbranched alkanes of at least 4 members (excludes halogenated alkanes) is 6. The fourth-order valence-corrected chi connectivity index (χ4v) is 2.45. The van der Waals surface area contributed by atoms with Crippen LogP contribution in [0.1, 0.15) is 68.1 Å². The third-order valence-electron chi connectivity index (χ3n) is 3.67. The van der Waals surface area contributed by atoms with Crippen molar-refractivity contribution in [3.05, 3.63) is 29.7 Å². The van der Waals surface area contributed by atoms with Gasteiger partial charge in [-0.25, -0.2) is 9.78 Å². The predicted octanol–water partition coefficient (Wildman–Crippen LogP) is 4.82. The van der Waals surface area contributed by atoms with Gasteiger partial charge in [-0.05, 0) is 24.6 Å². The smallest absolute Gasteiger partial charge is 0.335 e. The highest BCUT2D eigenvalue weighted by Crippen LogP contribution is 2.19. The number of fused-ring (bicyclic) bond motifs is 1. The number of carbonyl (C=O) groups is 1. The second-order valence-electron chi connectivity index (χ2n) is 5.47. The van der Waals surface area contributed by atoms with Crippen molar-refractivity contribution in [3.8, 4) is 0 Å². The van der Waals surface area contributed by atoms with Crippen molar-refractivity contribution in [2.24, 2.45) is 0 Å². The van der Waals surface area contributed by atoms with Gasteiger partial charge in [0, 0.05) is 6.42 Å². The largest absolute Gasteiger partial charge is 0.478 e. The Bertz CT molecular complexity index is 589. The number of oxazole rings is 1. The average Bonchev–Trinajstić information content (AvgIpc) is 2.88. The minimum absolute atomic E-state index is 0.237. The first-order valence-electron chi connectivity index (χ1n) is 7.83. The lowest BCUT2D eigenvalue weighted by Gasteiger charge is -1.99. The van der Waals surface area contributed by atoms with Crippen LogP contribution in [0.25, 0.3) is 11.1 Å². The van der Waals surface area contributed by atoms with Crippen LogP contribution in [-0.4, -0.2) is 16.1 Å². The number of aromatic nitrogens is 1. The fraction of sp³-hybridized carbons (Fsp3) is 0.529. The maximum Gasteiger partial charge on any atom is 0.335 e. The lowest BCUT2D eigenvalue weighted by atomic mass is 10.1. The Morgan fingerprint density at radius 3 is 2.57 bits per heavy atom. The third-order valence-corrected chi connectivity index (χ3v) is 3.67. The molecular formula is C17H23NO3. The van der Waals surface area contributed by atoms with Crippen molar-refractivity contribution >= 4 is 17.1 Å². The summed E-state index contributed by atoms with van der Waals surface area (Å²) in [4.78, 5) is 15.3. The summed E-state index contributed by atoms with van der Waals surface area (Å²) in [6.07, 6.45) is 9.61. The summed E-state index contributed by atoms with van der Waals surface area (Å²) in [6.45, 7) is 2.23. The molecule has 0 saturated heterocycles. The molecule has 4 nitrogen and oxygen atoms in total. The zero-order valence-corrected chi connectivity index (χ0v) is 12.6. The minimum atomic E-state index is -0.943. The second-order valence-corrected chi connectivity index (χ2v) is 5.47. The maximum absolute atomic E-state index is 10.9. The SMILES string of the molecule is CCCCCCCCCc1nc2ccc(C(=O)O)cc2o1. The molecule has 1 aromatic heterocycles. The van der Waals surface area contributed by atoms with Crippen LogP contribution >= 0.6 is 0 Å². The molecule has 0 amide bonds. The molecule has 2 rings (SSSR count). The molecule has 4 heteroatoms. The fourth-order valence-electron chi connectivity index (χ4n) is 2.45. The molecule has 1 aromatic carbocycles. The number of aromatic carboxylic acids is 1. The third kappa shape index (κ3) is 4.59. The molecule has 1 heterocycles. The zero-order valence-electron chi connectivity index (χ0n) is 12.6. The molecular weight excluding hydrogens is 266 g/mol. The first kappa shape index (κ1) is 15.5. The monoisotopic (exact) mass is 289 g/mol. The highest BCUT2D eigenvalue weighted by Gasteiger charge is 2.09. The predicted molar refractivity (Wildman–Crippen MR) is 82.7 cm³/mol. The lowest BCUT2D eigenvalue weighted by Crippen LogP contribution is -1.94. The Hall–Kier alpha value is -1.84. The first-order chi connectivity index (χ1) is 10.2. The van der Waals surface area contributed by atoms with Crippen molar-refractivity contribution in [1.29, 1.82) is 0 Å². The van der Waals surface area contributed by atoms with Crippen molar-refractivity contribution in [1.82, 2.24) is 4.98 Å². The van der Waals surface area contributed by atoms with Crippen molar-refractivity contribution in [2.75, 3.05) is 0 Å². The van der Waals surface area contributed by atoms with Crippen molar-refractivity contribution in [3.63, 3.8) is 0 Å². The number of rotatable bonds is 9. The normalized spacial score (nSPS) is 11.1. The lowest BCUT2D eigenvalue weighted by molar-refractivity contribution is 0.0697. The number of nitrogens with zero attached hydrogens (tertiary/aromatic N) is 1. The molecule has 1 N–H and O–H groups in total. The summed E-state index contributed by atoms with van der Waals surface area (Å²) in [6, 6.07) is 4.81. The molecule has 0 saturated carbocycles. The van der Waals surface area contributed by atoms with Gasteiger partial charge < -0.3 is 9.52 Å². The van der Waals surface area contributed by atoms with E-state index < -0.39 is 5.97 Å². The summed E-state index contributed by atoms with van der Waals surface area (Å²) >= 11 is 0. The van der Waals surface area contributed by atoms with Crippen molar-refractivity contribution < 1.29 is 14.3 Å². The Balaban J connectivity index is 1.81. The Morgan fingerprint density at radius 2 is 1.86 bits per heavy atom. The van der Waals surface area contributed by atoms with E-state index in [1.165, 1.54) is 38.5 Å². The number of hydrogen-bond acceptors (Lipinski definition) is 3. The van der Waals surface area contributed by atoms with Crippen LogP contribution in [0.3, 0.4) is 0 Å². The molecule has 2 aromatic rings. The van der Waals surface area contributed by atoms with E-state index in [1.807, 2.05) is 0 Å². The van der Waals surface area contributed by atoms with Gasteiger partial charge in [-0.2, -0.15) is 0 Å². The quantitative estimate of drug-likeness (QED) is 0.672. The number of carboxylic acid groups (broad SMARTS) is 1. The first-order valence-corrected chi connectivity index (χ1v) is 7.83. The molecule has 21 heavy (non-hydrogen) atoms.